The number of fused-ring (bicyclic) bond motifs is 1. The van der Waals surface area contributed by atoms with Crippen molar-refractivity contribution in [1.82, 2.24) is 10.6 Å². The van der Waals surface area contributed by atoms with Gasteiger partial charge in [-0.2, -0.15) is 0 Å². The lowest BCUT2D eigenvalue weighted by Crippen LogP contribution is -2.52. The molecule has 1 aliphatic heterocycles. The van der Waals surface area contributed by atoms with E-state index in [0.717, 1.165) is 34.4 Å². The molecule has 0 spiro atoms. The van der Waals surface area contributed by atoms with Gasteiger partial charge in [-0.3, -0.25) is 9.59 Å². The SMILES string of the molecule is CNC(C)C(=O)N[C@H]1CCc2ccccc2N(Cc2ccc(-c3ccccc3)cc2)C1=O. The minimum Gasteiger partial charge on any atom is -0.343 e. The van der Waals surface area contributed by atoms with Crippen molar-refractivity contribution in [3.63, 3.8) is 0 Å². The molecule has 0 fully saturated rings. The molecular formula is C27H29N3O2. The van der Waals surface area contributed by atoms with Gasteiger partial charge >= 0.3 is 0 Å². The summed E-state index contributed by atoms with van der Waals surface area (Å²) in [4.78, 5) is 27.8. The summed E-state index contributed by atoms with van der Waals surface area (Å²) in [5, 5.41) is 5.88. The monoisotopic (exact) mass is 427 g/mol. The van der Waals surface area contributed by atoms with E-state index >= 15 is 0 Å². The first-order valence-electron chi connectivity index (χ1n) is 11.1. The Morgan fingerprint density at radius 3 is 2.34 bits per heavy atom. The van der Waals surface area contributed by atoms with Gasteiger partial charge in [0.15, 0.2) is 0 Å². The third-order valence-electron chi connectivity index (χ3n) is 6.09. The highest BCUT2D eigenvalue weighted by Crippen LogP contribution is 2.29. The molecule has 3 aromatic rings. The van der Waals surface area contributed by atoms with E-state index < -0.39 is 6.04 Å². The molecule has 1 unspecified atom stereocenters. The topological polar surface area (TPSA) is 61.4 Å². The maximum Gasteiger partial charge on any atom is 0.249 e. The minimum atomic E-state index is -0.547. The first-order chi connectivity index (χ1) is 15.6. The summed E-state index contributed by atoms with van der Waals surface area (Å²) >= 11 is 0. The molecule has 164 valence electrons. The molecule has 4 rings (SSSR count). The van der Waals surface area contributed by atoms with Gasteiger partial charge in [0.1, 0.15) is 6.04 Å². The molecule has 1 heterocycles. The number of hydrogen-bond donors (Lipinski definition) is 2. The Kier molecular flexibility index (Phi) is 6.66. The predicted octanol–water partition coefficient (Wildman–Crippen LogP) is 3.93. The number of hydrogen-bond acceptors (Lipinski definition) is 3. The first-order valence-corrected chi connectivity index (χ1v) is 11.1. The molecule has 5 heteroatoms. The van der Waals surface area contributed by atoms with Crippen molar-refractivity contribution in [1.29, 1.82) is 0 Å². The lowest BCUT2D eigenvalue weighted by molar-refractivity contribution is -0.128. The van der Waals surface area contributed by atoms with Crippen molar-refractivity contribution in [3.8, 4) is 11.1 Å². The number of amides is 2. The highest BCUT2D eigenvalue weighted by atomic mass is 16.2. The van der Waals surface area contributed by atoms with Crippen LogP contribution in [0.25, 0.3) is 11.1 Å². The van der Waals surface area contributed by atoms with Crippen LogP contribution in [0.4, 0.5) is 5.69 Å². The number of anilines is 1. The van der Waals surface area contributed by atoms with Crippen LogP contribution in [0.1, 0.15) is 24.5 Å². The van der Waals surface area contributed by atoms with Crippen LogP contribution in [0.2, 0.25) is 0 Å². The van der Waals surface area contributed by atoms with Crippen LogP contribution in [0.5, 0.6) is 0 Å². The summed E-state index contributed by atoms with van der Waals surface area (Å²) in [5.41, 5.74) is 5.39. The van der Waals surface area contributed by atoms with Crippen LogP contribution in [-0.4, -0.2) is 30.9 Å². The number of carbonyl (C=O) groups excluding carboxylic acids is 2. The van der Waals surface area contributed by atoms with Crippen molar-refractivity contribution in [2.75, 3.05) is 11.9 Å². The molecule has 0 bridgehead atoms. The summed E-state index contributed by atoms with van der Waals surface area (Å²) in [5.74, 6) is -0.234. The fraction of sp³-hybridized carbons (Fsp3) is 0.259. The average molecular weight is 428 g/mol. The summed E-state index contributed by atoms with van der Waals surface area (Å²) in [6, 6.07) is 25.7. The second kappa shape index (κ2) is 9.79. The van der Waals surface area contributed by atoms with Gasteiger partial charge in [-0.25, -0.2) is 0 Å². The van der Waals surface area contributed by atoms with E-state index in [4.69, 9.17) is 0 Å². The van der Waals surface area contributed by atoms with E-state index in [1.807, 2.05) is 41.3 Å². The Morgan fingerprint density at radius 2 is 1.62 bits per heavy atom. The smallest absolute Gasteiger partial charge is 0.249 e. The van der Waals surface area contributed by atoms with Gasteiger partial charge in [0, 0.05) is 5.69 Å². The second-order valence-electron chi connectivity index (χ2n) is 8.23. The maximum absolute atomic E-state index is 13.5. The highest BCUT2D eigenvalue weighted by molar-refractivity contribution is 6.00. The van der Waals surface area contributed by atoms with Crippen LogP contribution in [0.15, 0.2) is 78.9 Å². The van der Waals surface area contributed by atoms with Gasteiger partial charge in [-0.15, -0.1) is 0 Å². The van der Waals surface area contributed by atoms with Gasteiger partial charge in [0.25, 0.3) is 0 Å². The zero-order chi connectivity index (χ0) is 22.5. The van der Waals surface area contributed by atoms with E-state index in [2.05, 4.69) is 53.1 Å². The molecule has 0 aromatic heterocycles. The Labute approximate surface area is 189 Å². The fourth-order valence-electron chi connectivity index (χ4n) is 4.06. The van der Waals surface area contributed by atoms with E-state index in [-0.39, 0.29) is 17.9 Å². The zero-order valence-corrected chi connectivity index (χ0v) is 18.5. The molecule has 0 saturated heterocycles. The number of rotatable bonds is 6. The largest absolute Gasteiger partial charge is 0.343 e. The molecular weight excluding hydrogens is 398 g/mol. The van der Waals surface area contributed by atoms with E-state index in [1.54, 1.807) is 14.0 Å². The van der Waals surface area contributed by atoms with Crippen molar-refractivity contribution in [2.24, 2.45) is 0 Å². The van der Waals surface area contributed by atoms with E-state index in [0.29, 0.717) is 13.0 Å². The van der Waals surface area contributed by atoms with Crippen LogP contribution < -0.4 is 15.5 Å². The molecule has 3 aromatic carbocycles. The first kappa shape index (κ1) is 21.8. The highest BCUT2D eigenvalue weighted by Gasteiger charge is 2.32. The Bertz CT molecular complexity index is 1080. The minimum absolute atomic E-state index is 0.0706. The maximum atomic E-state index is 13.5. The van der Waals surface area contributed by atoms with Crippen LogP contribution >= 0.6 is 0 Å². The number of carbonyl (C=O) groups is 2. The fourth-order valence-corrected chi connectivity index (χ4v) is 4.06. The van der Waals surface area contributed by atoms with Gasteiger partial charge < -0.3 is 15.5 Å². The van der Waals surface area contributed by atoms with Crippen molar-refractivity contribution in [3.05, 3.63) is 90.0 Å². The molecule has 1 aliphatic rings. The average Bonchev–Trinajstić information content (AvgIpc) is 2.97. The zero-order valence-electron chi connectivity index (χ0n) is 18.5. The van der Waals surface area contributed by atoms with E-state index in [9.17, 15) is 9.59 Å². The third kappa shape index (κ3) is 4.73. The van der Waals surface area contributed by atoms with Gasteiger partial charge in [-0.05, 0) is 55.1 Å². The molecule has 32 heavy (non-hydrogen) atoms. The lowest BCUT2D eigenvalue weighted by atomic mass is 10.0. The quantitative estimate of drug-likeness (QED) is 0.627. The molecule has 0 saturated carbocycles. The normalized spacial score (nSPS) is 16.8. The summed E-state index contributed by atoms with van der Waals surface area (Å²) < 4.78 is 0. The van der Waals surface area contributed by atoms with Gasteiger partial charge in [0.05, 0.1) is 12.6 Å². The molecule has 5 nitrogen and oxygen atoms in total. The number of likely N-dealkylation sites (N-methyl/N-ethyl adjacent to an activating group) is 1. The van der Waals surface area contributed by atoms with Crippen molar-refractivity contribution in [2.45, 2.75) is 38.4 Å². The summed E-state index contributed by atoms with van der Waals surface area (Å²) in [6.45, 7) is 2.25. The van der Waals surface area contributed by atoms with Crippen LogP contribution in [0, 0.1) is 0 Å². The third-order valence-corrected chi connectivity index (χ3v) is 6.09. The van der Waals surface area contributed by atoms with Crippen molar-refractivity contribution < 1.29 is 9.59 Å². The lowest BCUT2D eigenvalue weighted by Gasteiger charge is -2.27. The Hall–Kier alpha value is -3.44. The standard InChI is InChI=1S/C27H29N3O2/c1-19(28-2)26(31)29-24-17-16-23-10-6-7-11-25(23)30(27(24)32)18-20-12-14-22(15-13-20)21-8-4-3-5-9-21/h3-15,19,24,28H,16-18H2,1-2H3,(H,29,31)/t19?,24-/m0/s1. The second-order valence-corrected chi connectivity index (χ2v) is 8.23. The summed E-state index contributed by atoms with van der Waals surface area (Å²) in [7, 11) is 1.74. The molecule has 2 amide bonds. The van der Waals surface area contributed by atoms with Crippen LogP contribution in [0.3, 0.4) is 0 Å². The number of para-hydroxylation sites is 1. The van der Waals surface area contributed by atoms with Crippen molar-refractivity contribution >= 4 is 17.5 Å². The van der Waals surface area contributed by atoms with Crippen LogP contribution in [-0.2, 0) is 22.6 Å². The number of nitrogens with one attached hydrogen (secondary N) is 2. The summed E-state index contributed by atoms with van der Waals surface area (Å²) in [6.07, 6.45) is 1.33. The molecule has 2 N–H and O–H groups in total. The number of aryl methyl sites for hydroxylation is 1. The van der Waals surface area contributed by atoms with E-state index in [1.165, 1.54) is 0 Å². The number of benzene rings is 3. The predicted molar refractivity (Wildman–Crippen MR) is 128 cm³/mol. The molecule has 0 aliphatic carbocycles. The molecule has 2 atom stereocenters. The van der Waals surface area contributed by atoms with Gasteiger partial charge in [-0.1, -0.05) is 72.8 Å². The Morgan fingerprint density at radius 1 is 0.969 bits per heavy atom. The Balaban J connectivity index is 1.59. The number of nitrogens with zero attached hydrogens (tertiary/aromatic N) is 1. The molecule has 0 radical (unpaired) electrons. The van der Waals surface area contributed by atoms with Gasteiger partial charge in [0.2, 0.25) is 11.8 Å².